The van der Waals surface area contributed by atoms with Crippen molar-refractivity contribution in [2.75, 3.05) is 0 Å². The standard InChI is InChI=1S/C15H28OSi/c1-7-14(12-13-10-8-9-11-13)16-17(5,6)15(2,3)4/h1,13-14H,8-12H2,2-6H3. The Bertz CT molecular complexity index is 276. The Kier molecular flexibility index (Phi) is 4.86. The Morgan fingerprint density at radius 1 is 1.29 bits per heavy atom. The van der Waals surface area contributed by atoms with Crippen molar-refractivity contribution in [3.63, 3.8) is 0 Å². The molecule has 0 aromatic heterocycles. The fourth-order valence-corrected chi connectivity index (χ4v) is 3.46. The molecule has 1 rings (SSSR count). The van der Waals surface area contributed by atoms with E-state index >= 15 is 0 Å². The van der Waals surface area contributed by atoms with Crippen LogP contribution in [0, 0.1) is 18.3 Å². The van der Waals surface area contributed by atoms with E-state index in [0.29, 0.717) is 0 Å². The van der Waals surface area contributed by atoms with Crippen LogP contribution in [-0.4, -0.2) is 14.4 Å². The molecule has 1 nitrogen and oxygen atoms in total. The molecular weight excluding hydrogens is 224 g/mol. The van der Waals surface area contributed by atoms with Gasteiger partial charge in [0.15, 0.2) is 8.32 Å². The molecule has 1 aliphatic rings. The first-order chi connectivity index (χ1) is 7.76. The van der Waals surface area contributed by atoms with Gasteiger partial charge in [0.2, 0.25) is 0 Å². The summed E-state index contributed by atoms with van der Waals surface area (Å²) in [5, 5.41) is 0.248. The van der Waals surface area contributed by atoms with Gasteiger partial charge in [0.05, 0.1) is 0 Å². The fourth-order valence-electron chi connectivity index (χ4n) is 2.23. The highest BCUT2D eigenvalue weighted by atomic mass is 28.4. The Labute approximate surface area is 108 Å². The van der Waals surface area contributed by atoms with Crippen molar-refractivity contribution >= 4 is 8.32 Å². The molecule has 1 atom stereocenters. The maximum absolute atomic E-state index is 6.32. The van der Waals surface area contributed by atoms with E-state index in [-0.39, 0.29) is 11.1 Å². The number of hydrogen-bond donors (Lipinski definition) is 0. The lowest BCUT2D eigenvalue weighted by molar-refractivity contribution is 0.200. The molecule has 0 heterocycles. The van der Waals surface area contributed by atoms with Crippen molar-refractivity contribution in [3.05, 3.63) is 0 Å². The second-order valence-electron chi connectivity index (χ2n) is 6.92. The summed E-state index contributed by atoms with van der Waals surface area (Å²) in [5.74, 6) is 3.68. The highest BCUT2D eigenvalue weighted by Crippen LogP contribution is 2.38. The van der Waals surface area contributed by atoms with Crippen LogP contribution in [0.4, 0.5) is 0 Å². The number of rotatable bonds is 4. The maximum Gasteiger partial charge on any atom is 0.193 e. The third-order valence-corrected chi connectivity index (χ3v) is 8.94. The first kappa shape index (κ1) is 14.8. The predicted octanol–water partition coefficient (Wildman–Crippen LogP) is 4.59. The molecule has 2 heteroatoms. The van der Waals surface area contributed by atoms with Crippen LogP contribution < -0.4 is 0 Å². The Balaban J connectivity index is 2.54. The summed E-state index contributed by atoms with van der Waals surface area (Å²) in [6.07, 6.45) is 12.2. The van der Waals surface area contributed by atoms with Crippen LogP contribution in [0.15, 0.2) is 0 Å². The molecule has 1 unspecified atom stereocenters. The van der Waals surface area contributed by atoms with Gasteiger partial charge >= 0.3 is 0 Å². The zero-order chi connectivity index (χ0) is 13.1. The van der Waals surface area contributed by atoms with Crippen molar-refractivity contribution in [2.45, 2.75) is 77.1 Å². The molecule has 0 radical (unpaired) electrons. The average molecular weight is 252 g/mol. The lowest BCUT2D eigenvalue weighted by atomic mass is 10.0. The molecule has 17 heavy (non-hydrogen) atoms. The summed E-state index contributed by atoms with van der Waals surface area (Å²) < 4.78 is 6.32. The summed E-state index contributed by atoms with van der Waals surface area (Å²) in [6.45, 7) is 11.4. The molecule has 0 spiro atoms. The van der Waals surface area contributed by atoms with Gasteiger partial charge in [0, 0.05) is 0 Å². The molecule has 1 fully saturated rings. The first-order valence-electron chi connectivity index (χ1n) is 6.90. The molecule has 0 saturated heterocycles. The van der Waals surface area contributed by atoms with Gasteiger partial charge in [0.1, 0.15) is 6.10 Å². The van der Waals surface area contributed by atoms with E-state index < -0.39 is 8.32 Å². The molecule has 0 aromatic carbocycles. The zero-order valence-electron chi connectivity index (χ0n) is 12.2. The van der Waals surface area contributed by atoms with E-state index in [2.05, 4.69) is 39.8 Å². The minimum atomic E-state index is -1.70. The average Bonchev–Trinajstić information content (AvgIpc) is 2.67. The third kappa shape index (κ3) is 4.15. The van der Waals surface area contributed by atoms with Crippen molar-refractivity contribution in [2.24, 2.45) is 5.92 Å². The fraction of sp³-hybridized carbons (Fsp3) is 0.867. The van der Waals surface area contributed by atoms with E-state index in [0.717, 1.165) is 12.3 Å². The quantitative estimate of drug-likeness (QED) is 0.525. The maximum atomic E-state index is 6.32. The molecular formula is C15H28OSi. The van der Waals surface area contributed by atoms with E-state index in [1.807, 2.05) is 0 Å². The predicted molar refractivity (Wildman–Crippen MR) is 77.5 cm³/mol. The van der Waals surface area contributed by atoms with Crippen LogP contribution in [0.25, 0.3) is 0 Å². The van der Waals surface area contributed by atoms with Gasteiger partial charge in [-0.3, -0.25) is 0 Å². The number of terminal acetylenes is 1. The van der Waals surface area contributed by atoms with Gasteiger partial charge < -0.3 is 4.43 Å². The van der Waals surface area contributed by atoms with Gasteiger partial charge in [0.25, 0.3) is 0 Å². The van der Waals surface area contributed by atoms with Gasteiger partial charge in [-0.05, 0) is 30.5 Å². The van der Waals surface area contributed by atoms with Gasteiger partial charge in [-0.2, -0.15) is 0 Å². The summed E-state index contributed by atoms with van der Waals surface area (Å²) in [4.78, 5) is 0. The minimum absolute atomic E-state index is 0.0407. The summed E-state index contributed by atoms with van der Waals surface area (Å²) in [5.41, 5.74) is 0. The van der Waals surface area contributed by atoms with Crippen LogP contribution in [0.1, 0.15) is 52.9 Å². The van der Waals surface area contributed by atoms with Crippen LogP contribution >= 0.6 is 0 Å². The van der Waals surface area contributed by atoms with Crippen molar-refractivity contribution < 1.29 is 4.43 Å². The van der Waals surface area contributed by atoms with Gasteiger partial charge in [-0.25, -0.2) is 0 Å². The molecule has 0 N–H and O–H groups in total. The van der Waals surface area contributed by atoms with E-state index in [1.54, 1.807) is 0 Å². The molecule has 0 aromatic rings. The lowest BCUT2D eigenvalue weighted by Gasteiger charge is -2.38. The Morgan fingerprint density at radius 2 is 1.82 bits per heavy atom. The monoisotopic (exact) mass is 252 g/mol. The zero-order valence-corrected chi connectivity index (χ0v) is 13.2. The third-order valence-electron chi connectivity index (χ3n) is 4.45. The first-order valence-corrected chi connectivity index (χ1v) is 9.81. The SMILES string of the molecule is C#CC(CC1CCCC1)O[Si](C)(C)C(C)(C)C. The molecule has 0 amide bonds. The van der Waals surface area contributed by atoms with E-state index in [1.165, 1.54) is 25.7 Å². The van der Waals surface area contributed by atoms with Crippen molar-refractivity contribution in [1.29, 1.82) is 0 Å². The number of hydrogen-bond acceptors (Lipinski definition) is 1. The summed E-state index contributed by atoms with van der Waals surface area (Å²) >= 11 is 0. The normalized spacial score (nSPS) is 20.2. The smallest absolute Gasteiger partial charge is 0.193 e. The van der Waals surface area contributed by atoms with Gasteiger partial charge in [-0.15, -0.1) is 6.42 Å². The van der Waals surface area contributed by atoms with Crippen molar-refractivity contribution in [1.82, 2.24) is 0 Å². The topological polar surface area (TPSA) is 9.23 Å². The molecule has 0 bridgehead atoms. The molecule has 1 saturated carbocycles. The van der Waals surface area contributed by atoms with E-state index in [9.17, 15) is 0 Å². The molecule has 98 valence electrons. The van der Waals surface area contributed by atoms with Crippen LogP contribution in [0.2, 0.25) is 18.1 Å². The van der Waals surface area contributed by atoms with Crippen molar-refractivity contribution in [3.8, 4) is 12.3 Å². The molecule has 1 aliphatic carbocycles. The Morgan fingerprint density at radius 3 is 2.24 bits per heavy atom. The highest BCUT2D eigenvalue weighted by molar-refractivity contribution is 6.74. The summed E-state index contributed by atoms with van der Waals surface area (Å²) in [7, 11) is -1.70. The molecule has 0 aliphatic heterocycles. The summed E-state index contributed by atoms with van der Waals surface area (Å²) in [6, 6.07) is 0. The minimum Gasteiger partial charge on any atom is -0.403 e. The Hall–Kier alpha value is -0.263. The lowest BCUT2D eigenvalue weighted by Crippen LogP contribution is -2.44. The van der Waals surface area contributed by atoms with E-state index in [4.69, 9.17) is 10.8 Å². The van der Waals surface area contributed by atoms with Crippen LogP contribution in [0.3, 0.4) is 0 Å². The van der Waals surface area contributed by atoms with Gasteiger partial charge in [-0.1, -0.05) is 52.4 Å². The second kappa shape index (κ2) is 5.59. The largest absolute Gasteiger partial charge is 0.403 e. The highest BCUT2D eigenvalue weighted by Gasteiger charge is 2.39. The second-order valence-corrected chi connectivity index (χ2v) is 11.7. The van der Waals surface area contributed by atoms with Crippen LogP contribution in [0.5, 0.6) is 0 Å². The van der Waals surface area contributed by atoms with Crippen LogP contribution in [-0.2, 0) is 4.43 Å².